The number of ketones is 1. The highest BCUT2D eigenvalue weighted by molar-refractivity contribution is 5.87. The van der Waals surface area contributed by atoms with Gasteiger partial charge in [0.05, 0.1) is 12.5 Å². The number of nitrogens with one attached hydrogen (secondary N) is 1. The van der Waals surface area contributed by atoms with Crippen molar-refractivity contribution in [3.63, 3.8) is 0 Å². The molecule has 0 spiro atoms. The minimum absolute atomic E-state index is 0.200. The van der Waals surface area contributed by atoms with Crippen LogP contribution in [0, 0.1) is 11.3 Å². The molecule has 1 unspecified atom stereocenters. The average molecular weight is 299 g/mol. The van der Waals surface area contributed by atoms with Gasteiger partial charge in [0.2, 0.25) is 0 Å². The largest absolute Gasteiger partial charge is 0.497 e. The van der Waals surface area contributed by atoms with Gasteiger partial charge < -0.3 is 9.57 Å². The molecule has 0 aromatic heterocycles. The van der Waals surface area contributed by atoms with Gasteiger partial charge in [-0.3, -0.25) is 4.79 Å². The number of hydroxylamine groups is 1. The summed E-state index contributed by atoms with van der Waals surface area (Å²) in [5.41, 5.74) is 1.81. The van der Waals surface area contributed by atoms with E-state index in [1.807, 2.05) is 0 Å². The van der Waals surface area contributed by atoms with Crippen LogP contribution in [0.4, 0.5) is 8.78 Å². The first-order valence-corrected chi connectivity index (χ1v) is 6.75. The van der Waals surface area contributed by atoms with Gasteiger partial charge >= 0.3 is 0 Å². The number of Topliss-reactive ketones (excluding diaryl/α,β-unsaturated/α-hetero) is 1. The van der Waals surface area contributed by atoms with Crippen LogP contribution in [0.1, 0.15) is 19.4 Å². The molecule has 0 amide bonds. The molecule has 0 radical (unpaired) electrons. The number of ether oxygens (including phenoxy) is 1. The second-order valence-electron chi connectivity index (χ2n) is 5.71. The number of rotatable bonds is 4. The van der Waals surface area contributed by atoms with E-state index in [2.05, 4.69) is 5.48 Å². The zero-order valence-corrected chi connectivity index (χ0v) is 12.3. The third-order valence-electron chi connectivity index (χ3n) is 3.80. The van der Waals surface area contributed by atoms with Gasteiger partial charge in [-0.15, -0.1) is 0 Å². The first-order valence-electron chi connectivity index (χ1n) is 6.75. The quantitative estimate of drug-likeness (QED) is 0.928. The third-order valence-corrected chi connectivity index (χ3v) is 3.80. The van der Waals surface area contributed by atoms with Crippen LogP contribution < -0.4 is 15.1 Å². The van der Waals surface area contributed by atoms with Crippen molar-refractivity contribution in [1.82, 2.24) is 5.48 Å². The maximum Gasteiger partial charge on any atom is 0.250 e. The fourth-order valence-electron chi connectivity index (χ4n) is 2.30. The van der Waals surface area contributed by atoms with Crippen LogP contribution in [0.25, 0.3) is 0 Å². The Labute approximate surface area is 122 Å². The number of benzene rings is 1. The van der Waals surface area contributed by atoms with Crippen LogP contribution in [0.2, 0.25) is 0 Å². The number of halogens is 2. The molecular formula is C15H19F2NO3. The molecule has 1 aromatic carbocycles. The molecule has 0 aliphatic carbocycles. The molecule has 1 heterocycles. The maximum absolute atomic E-state index is 13.0. The van der Waals surface area contributed by atoms with Crippen molar-refractivity contribution in [2.75, 3.05) is 13.7 Å². The topological polar surface area (TPSA) is 47.6 Å². The van der Waals surface area contributed by atoms with Crippen LogP contribution in [0.15, 0.2) is 18.2 Å². The maximum atomic E-state index is 13.0. The Hall–Kier alpha value is -1.69. The molecule has 1 atom stereocenters. The first-order chi connectivity index (χ1) is 9.86. The van der Waals surface area contributed by atoms with Gasteiger partial charge in [0.25, 0.3) is 6.43 Å². The van der Waals surface area contributed by atoms with Crippen molar-refractivity contribution in [3.05, 3.63) is 23.8 Å². The minimum atomic E-state index is -2.69. The second kappa shape index (κ2) is 5.97. The fraction of sp³-hybridized carbons (Fsp3) is 0.533. The van der Waals surface area contributed by atoms with Gasteiger partial charge in [-0.25, -0.2) is 8.78 Å². The highest BCUT2D eigenvalue weighted by atomic mass is 19.3. The van der Waals surface area contributed by atoms with Crippen molar-refractivity contribution in [3.8, 4) is 11.5 Å². The molecule has 0 saturated heterocycles. The van der Waals surface area contributed by atoms with Gasteiger partial charge in [-0.2, -0.15) is 5.48 Å². The smallest absolute Gasteiger partial charge is 0.250 e. The molecule has 0 bridgehead atoms. The van der Waals surface area contributed by atoms with E-state index in [-0.39, 0.29) is 6.54 Å². The molecule has 4 nitrogen and oxygen atoms in total. The Bertz CT molecular complexity index is 532. The minimum Gasteiger partial charge on any atom is -0.497 e. The highest BCUT2D eigenvalue weighted by Crippen LogP contribution is 2.33. The van der Waals surface area contributed by atoms with E-state index >= 15 is 0 Å². The molecule has 1 aliphatic heterocycles. The monoisotopic (exact) mass is 299 g/mol. The molecule has 2 rings (SSSR count). The number of carbonyl (C=O) groups excluding carboxylic acids is 1. The molecule has 0 fully saturated rings. The molecule has 6 heteroatoms. The summed E-state index contributed by atoms with van der Waals surface area (Å²) in [6.45, 7) is 2.76. The van der Waals surface area contributed by atoms with Crippen molar-refractivity contribution >= 4 is 5.78 Å². The van der Waals surface area contributed by atoms with Gasteiger partial charge in [0.1, 0.15) is 11.5 Å². The number of hydrogen-bond acceptors (Lipinski definition) is 4. The van der Waals surface area contributed by atoms with Crippen molar-refractivity contribution in [2.24, 2.45) is 11.3 Å². The van der Waals surface area contributed by atoms with Crippen molar-refractivity contribution < 1.29 is 23.1 Å². The lowest BCUT2D eigenvalue weighted by Crippen LogP contribution is -2.41. The number of carbonyl (C=O) groups is 1. The molecule has 1 N–H and O–H groups in total. The van der Waals surface area contributed by atoms with E-state index in [0.717, 1.165) is 5.56 Å². The lowest BCUT2D eigenvalue weighted by atomic mass is 9.79. The highest BCUT2D eigenvalue weighted by Gasteiger charge is 2.41. The Balaban J connectivity index is 2.23. The molecule has 1 aliphatic rings. The van der Waals surface area contributed by atoms with Crippen LogP contribution >= 0.6 is 0 Å². The lowest BCUT2D eigenvalue weighted by Gasteiger charge is -2.26. The predicted molar refractivity (Wildman–Crippen MR) is 73.6 cm³/mol. The summed E-state index contributed by atoms with van der Waals surface area (Å²) >= 11 is 0. The van der Waals surface area contributed by atoms with E-state index in [0.29, 0.717) is 17.9 Å². The van der Waals surface area contributed by atoms with Gasteiger partial charge in [-0.1, -0.05) is 6.07 Å². The summed E-state index contributed by atoms with van der Waals surface area (Å²) in [7, 11) is 1.54. The number of alkyl halides is 2. The van der Waals surface area contributed by atoms with E-state index in [4.69, 9.17) is 9.57 Å². The molecule has 21 heavy (non-hydrogen) atoms. The van der Waals surface area contributed by atoms with E-state index < -0.39 is 23.5 Å². The standard InChI is InChI=1S/C15H19F2NO3/c1-15(2,14(16)17)13(19)10-6-9-4-5-11(20-3)7-12(9)21-18-8-10/h4-5,7,10,14,18H,6,8H2,1-3H3. The number of fused-ring (bicyclic) bond motifs is 1. The summed E-state index contributed by atoms with van der Waals surface area (Å²) in [6, 6.07) is 5.25. The zero-order chi connectivity index (χ0) is 15.6. The average Bonchev–Trinajstić information content (AvgIpc) is 2.67. The second-order valence-corrected chi connectivity index (χ2v) is 5.71. The number of methoxy groups -OCH3 is 1. The molecule has 1 aromatic rings. The van der Waals surface area contributed by atoms with Crippen LogP contribution in [-0.2, 0) is 11.2 Å². The molecule has 116 valence electrons. The van der Waals surface area contributed by atoms with Crippen LogP contribution in [-0.4, -0.2) is 25.9 Å². The molecule has 0 saturated carbocycles. The zero-order valence-electron chi connectivity index (χ0n) is 12.3. The Kier molecular flexibility index (Phi) is 4.46. The predicted octanol–water partition coefficient (Wildman–Crippen LogP) is 2.61. The Morgan fingerprint density at radius 1 is 1.48 bits per heavy atom. The van der Waals surface area contributed by atoms with Gasteiger partial charge in [-0.05, 0) is 31.9 Å². The van der Waals surface area contributed by atoms with Crippen molar-refractivity contribution in [2.45, 2.75) is 26.7 Å². The first kappa shape index (κ1) is 15.7. The number of hydrogen-bond donors (Lipinski definition) is 1. The SMILES string of the molecule is COc1ccc2c(c1)ONCC(C(=O)C(C)(C)C(F)F)C2. The summed E-state index contributed by atoms with van der Waals surface area (Å²) in [5, 5.41) is 0. The summed E-state index contributed by atoms with van der Waals surface area (Å²) in [4.78, 5) is 17.7. The summed E-state index contributed by atoms with van der Waals surface area (Å²) in [6.07, 6.45) is -2.33. The third kappa shape index (κ3) is 3.15. The Morgan fingerprint density at radius 3 is 2.81 bits per heavy atom. The van der Waals surface area contributed by atoms with Crippen molar-refractivity contribution in [1.29, 1.82) is 0 Å². The normalized spacial score (nSPS) is 18.7. The summed E-state index contributed by atoms with van der Waals surface area (Å²) < 4.78 is 31.2. The van der Waals surface area contributed by atoms with Gasteiger partial charge in [0, 0.05) is 18.5 Å². The van der Waals surface area contributed by atoms with Crippen LogP contribution in [0.3, 0.4) is 0 Å². The van der Waals surface area contributed by atoms with E-state index in [1.54, 1.807) is 25.3 Å². The lowest BCUT2D eigenvalue weighted by molar-refractivity contribution is -0.139. The summed E-state index contributed by atoms with van der Waals surface area (Å²) in [5.74, 6) is 0.175. The van der Waals surface area contributed by atoms with Crippen LogP contribution in [0.5, 0.6) is 11.5 Å². The Morgan fingerprint density at radius 2 is 2.19 bits per heavy atom. The molecular weight excluding hydrogens is 280 g/mol. The van der Waals surface area contributed by atoms with E-state index in [9.17, 15) is 13.6 Å². The fourth-order valence-corrected chi connectivity index (χ4v) is 2.30. The van der Waals surface area contributed by atoms with E-state index in [1.165, 1.54) is 13.8 Å². The van der Waals surface area contributed by atoms with Gasteiger partial charge in [0.15, 0.2) is 5.75 Å².